The molecular formula is C20H21F3N6O2. The highest BCUT2D eigenvalue weighted by Crippen LogP contribution is 2.36. The van der Waals surface area contributed by atoms with Crippen LogP contribution in [0, 0.1) is 0 Å². The highest BCUT2D eigenvalue weighted by atomic mass is 19.4. The van der Waals surface area contributed by atoms with Crippen LogP contribution in [0.3, 0.4) is 0 Å². The summed E-state index contributed by atoms with van der Waals surface area (Å²) in [5.41, 5.74) is -0.294. The van der Waals surface area contributed by atoms with E-state index in [1.807, 2.05) is 0 Å². The molecule has 164 valence electrons. The van der Waals surface area contributed by atoms with Crippen LogP contribution < -0.4 is 5.32 Å². The zero-order valence-electron chi connectivity index (χ0n) is 16.5. The van der Waals surface area contributed by atoms with Gasteiger partial charge in [-0.15, -0.1) is 10.2 Å². The van der Waals surface area contributed by atoms with Gasteiger partial charge < -0.3 is 15.2 Å². The van der Waals surface area contributed by atoms with Crippen molar-refractivity contribution in [3.05, 3.63) is 36.2 Å². The van der Waals surface area contributed by atoms with Crippen molar-refractivity contribution in [1.82, 2.24) is 24.5 Å². The summed E-state index contributed by atoms with van der Waals surface area (Å²) in [5.74, 6) is 0.184. The quantitative estimate of drug-likeness (QED) is 0.653. The van der Waals surface area contributed by atoms with Crippen molar-refractivity contribution in [2.75, 3.05) is 31.6 Å². The number of benzene rings is 1. The van der Waals surface area contributed by atoms with E-state index < -0.39 is 17.5 Å². The molecule has 1 unspecified atom stereocenters. The number of ether oxygens (including phenoxy) is 1. The molecule has 4 heterocycles. The molecule has 0 radical (unpaired) electrons. The van der Waals surface area contributed by atoms with Gasteiger partial charge >= 0.3 is 6.18 Å². The highest BCUT2D eigenvalue weighted by Gasteiger charge is 2.32. The monoisotopic (exact) mass is 434 g/mol. The molecule has 3 aromatic rings. The van der Waals surface area contributed by atoms with E-state index >= 15 is 0 Å². The van der Waals surface area contributed by atoms with Gasteiger partial charge in [-0.05, 0) is 37.6 Å². The molecule has 31 heavy (non-hydrogen) atoms. The SMILES string of the molecule is Oc1cc(C(F)(F)F)ccc1-c1nnc(NC2CCCN(C3COC3)C2)c2nccn12. The number of rotatable bonds is 4. The largest absolute Gasteiger partial charge is 0.507 e. The summed E-state index contributed by atoms with van der Waals surface area (Å²) >= 11 is 0. The van der Waals surface area contributed by atoms with E-state index in [4.69, 9.17) is 4.74 Å². The van der Waals surface area contributed by atoms with Crippen LogP contribution in [0.5, 0.6) is 5.75 Å². The number of nitrogens with zero attached hydrogens (tertiary/aromatic N) is 5. The van der Waals surface area contributed by atoms with Gasteiger partial charge in [0.05, 0.1) is 30.4 Å². The fourth-order valence-corrected chi connectivity index (χ4v) is 4.10. The minimum absolute atomic E-state index is 0.142. The van der Waals surface area contributed by atoms with Crippen molar-refractivity contribution < 1.29 is 23.0 Å². The zero-order valence-corrected chi connectivity index (χ0v) is 16.5. The number of hydrogen-bond donors (Lipinski definition) is 2. The maximum absolute atomic E-state index is 12.9. The fourth-order valence-electron chi connectivity index (χ4n) is 4.10. The van der Waals surface area contributed by atoms with E-state index in [2.05, 4.69) is 25.4 Å². The number of fused-ring (bicyclic) bond motifs is 1. The molecule has 8 nitrogen and oxygen atoms in total. The molecule has 2 aliphatic heterocycles. The topological polar surface area (TPSA) is 87.8 Å². The maximum atomic E-state index is 12.9. The molecule has 2 aliphatic rings. The van der Waals surface area contributed by atoms with Crippen molar-refractivity contribution in [2.45, 2.75) is 31.1 Å². The van der Waals surface area contributed by atoms with Gasteiger partial charge in [0.15, 0.2) is 17.3 Å². The third-order valence-electron chi connectivity index (χ3n) is 5.82. The molecule has 1 aromatic carbocycles. The van der Waals surface area contributed by atoms with Gasteiger partial charge in [-0.2, -0.15) is 13.2 Å². The summed E-state index contributed by atoms with van der Waals surface area (Å²) < 4.78 is 45.6. The standard InChI is InChI=1S/C20H21F3N6O2/c21-20(22,23)12-3-4-15(16(30)8-12)18-27-26-17(19-24-5-7-29(18)19)25-13-2-1-6-28(9-13)14-10-31-11-14/h3-5,7-8,13-14,30H,1-2,6,9-11H2,(H,25,26). The lowest BCUT2D eigenvalue weighted by Crippen LogP contribution is -2.54. The number of likely N-dealkylation sites (tertiary alicyclic amines) is 1. The third kappa shape index (κ3) is 3.79. The maximum Gasteiger partial charge on any atom is 0.416 e. The Labute approximate surface area is 175 Å². The fraction of sp³-hybridized carbons (Fsp3) is 0.450. The second-order valence-corrected chi connectivity index (χ2v) is 7.89. The summed E-state index contributed by atoms with van der Waals surface area (Å²) in [6.45, 7) is 3.44. The van der Waals surface area contributed by atoms with Crippen molar-refractivity contribution in [3.8, 4) is 17.1 Å². The number of alkyl halides is 3. The summed E-state index contributed by atoms with van der Waals surface area (Å²) in [6.07, 6.45) is 0.705. The molecule has 0 spiro atoms. The molecule has 5 rings (SSSR count). The summed E-state index contributed by atoms with van der Waals surface area (Å²) in [5, 5.41) is 22.1. The first-order chi connectivity index (χ1) is 14.9. The Morgan fingerprint density at radius 2 is 2.03 bits per heavy atom. The van der Waals surface area contributed by atoms with E-state index in [0.717, 1.165) is 45.2 Å². The number of halogens is 3. The molecule has 0 saturated carbocycles. The van der Waals surface area contributed by atoms with Crippen LogP contribution in [0.15, 0.2) is 30.6 Å². The molecule has 2 N–H and O–H groups in total. The molecule has 11 heteroatoms. The number of aromatic nitrogens is 4. The minimum Gasteiger partial charge on any atom is -0.507 e. The van der Waals surface area contributed by atoms with Gasteiger partial charge in [0.2, 0.25) is 0 Å². The van der Waals surface area contributed by atoms with Crippen molar-refractivity contribution in [2.24, 2.45) is 0 Å². The Morgan fingerprint density at radius 1 is 1.19 bits per heavy atom. The zero-order chi connectivity index (χ0) is 21.6. The molecule has 1 atom stereocenters. The Hall–Kier alpha value is -2.92. The lowest BCUT2D eigenvalue weighted by molar-refractivity contribution is -0.137. The summed E-state index contributed by atoms with van der Waals surface area (Å²) in [6, 6.07) is 3.43. The van der Waals surface area contributed by atoms with Crippen LogP contribution >= 0.6 is 0 Å². The van der Waals surface area contributed by atoms with Crippen LogP contribution in [0.4, 0.5) is 19.0 Å². The molecule has 2 fully saturated rings. The molecule has 2 aromatic heterocycles. The van der Waals surface area contributed by atoms with Crippen molar-refractivity contribution in [3.63, 3.8) is 0 Å². The van der Waals surface area contributed by atoms with Gasteiger partial charge in [0.1, 0.15) is 5.75 Å². The lowest BCUT2D eigenvalue weighted by Gasteiger charge is -2.42. The number of phenols is 1. The number of anilines is 1. The van der Waals surface area contributed by atoms with Crippen LogP contribution in [-0.4, -0.2) is 68.0 Å². The summed E-state index contributed by atoms with van der Waals surface area (Å²) in [7, 11) is 0. The van der Waals surface area contributed by atoms with Gasteiger partial charge in [0.25, 0.3) is 0 Å². The Balaban J connectivity index is 1.42. The van der Waals surface area contributed by atoms with Crippen molar-refractivity contribution in [1.29, 1.82) is 0 Å². The van der Waals surface area contributed by atoms with Crippen LogP contribution in [0.1, 0.15) is 18.4 Å². The molecular weight excluding hydrogens is 413 g/mol. The van der Waals surface area contributed by atoms with E-state index in [1.165, 1.54) is 6.07 Å². The minimum atomic E-state index is -4.54. The van der Waals surface area contributed by atoms with Crippen LogP contribution in [0.25, 0.3) is 17.0 Å². The predicted molar refractivity (Wildman–Crippen MR) is 106 cm³/mol. The number of nitrogens with one attached hydrogen (secondary N) is 1. The average Bonchev–Trinajstić information content (AvgIpc) is 3.17. The highest BCUT2D eigenvalue weighted by molar-refractivity contribution is 5.71. The molecule has 0 aliphatic carbocycles. The van der Waals surface area contributed by atoms with Gasteiger partial charge in [-0.25, -0.2) is 4.98 Å². The molecule has 0 amide bonds. The van der Waals surface area contributed by atoms with Crippen LogP contribution in [0.2, 0.25) is 0 Å². The second-order valence-electron chi connectivity index (χ2n) is 7.89. The molecule has 0 bridgehead atoms. The Morgan fingerprint density at radius 3 is 2.74 bits per heavy atom. The first-order valence-corrected chi connectivity index (χ1v) is 10.1. The number of imidazole rings is 1. The number of hydrogen-bond acceptors (Lipinski definition) is 7. The van der Waals surface area contributed by atoms with Gasteiger partial charge in [0, 0.05) is 25.0 Å². The van der Waals surface area contributed by atoms with Crippen LogP contribution in [-0.2, 0) is 10.9 Å². The Bertz CT molecular complexity index is 1100. The third-order valence-corrected chi connectivity index (χ3v) is 5.82. The Kier molecular flexibility index (Phi) is 4.94. The normalized spacial score (nSPS) is 20.7. The predicted octanol–water partition coefficient (Wildman–Crippen LogP) is 2.79. The van der Waals surface area contributed by atoms with E-state index in [-0.39, 0.29) is 17.4 Å². The first-order valence-electron chi connectivity index (χ1n) is 10.1. The smallest absolute Gasteiger partial charge is 0.416 e. The van der Waals surface area contributed by atoms with Crippen molar-refractivity contribution >= 4 is 11.5 Å². The summed E-state index contributed by atoms with van der Waals surface area (Å²) in [4.78, 5) is 6.75. The second kappa shape index (κ2) is 7.65. The number of piperidine rings is 1. The van der Waals surface area contributed by atoms with Gasteiger partial charge in [-0.1, -0.05) is 0 Å². The van der Waals surface area contributed by atoms with E-state index in [1.54, 1.807) is 16.8 Å². The average molecular weight is 434 g/mol. The lowest BCUT2D eigenvalue weighted by atomic mass is 10.0. The van der Waals surface area contributed by atoms with E-state index in [9.17, 15) is 18.3 Å². The number of aromatic hydroxyl groups is 1. The van der Waals surface area contributed by atoms with Gasteiger partial charge in [-0.3, -0.25) is 9.30 Å². The first kappa shape index (κ1) is 20.0. The number of phenolic OH excluding ortho intramolecular Hbond substituents is 1. The van der Waals surface area contributed by atoms with E-state index in [0.29, 0.717) is 23.6 Å². The molecule has 2 saturated heterocycles.